The van der Waals surface area contributed by atoms with E-state index in [-0.39, 0.29) is 12.1 Å². The molecule has 1 heterocycles. The van der Waals surface area contributed by atoms with Gasteiger partial charge in [-0.25, -0.2) is 4.79 Å². The number of rotatable bonds is 2. The lowest BCUT2D eigenvalue weighted by Gasteiger charge is -2.28. The molecule has 82 valence electrons. The molecule has 0 aromatic rings. The normalized spacial score (nSPS) is 27.4. The average Bonchev–Trinajstić information content (AvgIpc) is 2.07. The van der Waals surface area contributed by atoms with Gasteiger partial charge in [-0.3, -0.25) is 0 Å². The molecule has 5 heteroatoms. The van der Waals surface area contributed by atoms with Crippen molar-refractivity contribution in [2.24, 2.45) is 0 Å². The Balaban J connectivity index is 2.31. The molecule has 1 aliphatic rings. The van der Waals surface area contributed by atoms with Gasteiger partial charge in [0.05, 0.1) is 18.2 Å². The second-order valence-electron chi connectivity index (χ2n) is 3.77. The van der Waals surface area contributed by atoms with Crippen molar-refractivity contribution in [2.75, 3.05) is 13.1 Å². The fourth-order valence-electron chi connectivity index (χ4n) is 1.41. The van der Waals surface area contributed by atoms with E-state index in [1.807, 2.05) is 0 Å². The van der Waals surface area contributed by atoms with Gasteiger partial charge < -0.3 is 20.5 Å². The summed E-state index contributed by atoms with van der Waals surface area (Å²) in [5.74, 6) is 0. The van der Waals surface area contributed by atoms with E-state index in [1.165, 1.54) is 0 Å². The van der Waals surface area contributed by atoms with E-state index in [1.54, 1.807) is 13.8 Å². The highest BCUT2D eigenvalue weighted by Gasteiger charge is 2.24. The van der Waals surface area contributed by atoms with Crippen LogP contribution in [-0.2, 0) is 4.74 Å². The number of piperidine rings is 1. The highest BCUT2D eigenvalue weighted by atomic mass is 16.6. The van der Waals surface area contributed by atoms with Gasteiger partial charge >= 0.3 is 6.09 Å². The number of alkyl carbamates (subject to hydrolysis) is 1. The Morgan fingerprint density at radius 3 is 2.93 bits per heavy atom. The molecule has 0 saturated carbocycles. The van der Waals surface area contributed by atoms with Gasteiger partial charge in [-0.15, -0.1) is 0 Å². The molecule has 1 aliphatic heterocycles. The molecular weight excluding hydrogens is 184 g/mol. The summed E-state index contributed by atoms with van der Waals surface area (Å²) in [7, 11) is 0. The van der Waals surface area contributed by atoms with Crippen molar-refractivity contribution in [3.8, 4) is 0 Å². The lowest BCUT2D eigenvalue weighted by Crippen LogP contribution is -2.53. The van der Waals surface area contributed by atoms with Gasteiger partial charge in [0.2, 0.25) is 0 Å². The Kier molecular flexibility index (Phi) is 4.16. The molecule has 0 aromatic carbocycles. The van der Waals surface area contributed by atoms with Crippen molar-refractivity contribution < 1.29 is 14.6 Å². The molecule has 0 aromatic heterocycles. The van der Waals surface area contributed by atoms with Crippen LogP contribution >= 0.6 is 0 Å². The lowest BCUT2D eigenvalue weighted by atomic mass is 10.0. The summed E-state index contributed by atoms with van der Waals surface area (Å²) in [5, 5.41) is 15.2. The minimum absolute atomic E-state index is 0.131. The van der Waals surface area contributed by atoms with E-state index in [9.17, 15) is 9.90 Å². The Morgan fingerprint density at radius 1 is 1.64 bits per heavy atom. The third-order valence-corrected chi connectivity index (χ3v) is 2.10. The first-order valence-electron chi connectivity index (χ1n) is 4.95. The van der Waals surface area contributed by atoms with Crippen LogP contribution in [0.5, 0.6) is 0 Å². The summed E-state index contributed by atoms with van der Waals surface area (Å²) in [6, 6.07) is -0.192. The minimum atomic E-state index is -0.525. The van der Waals surface area contributed by atoms with Crippen LogP contribution in [-0.4, -0.2) is 42.5 Å². The molecule has 5 nitrogen and oxygen atoms in total. The van der Waals surface area contributed by atoms with Gasteiger partial charge in [-0.2, -0.15) is 0 Å². The summed E-state index contributed by atoms with van der Waals surface area (Å²) < 4.78 is 4.92. The monoisotopic (exact) mass is 202 g/mol. The Bertz CT molecular complexity index is 196. The predicted octanol–water partition coefficient (Wildman–Crippen LogP) is -0.156. The number of nitrogens with one attached hydrogen (secondary N) is 2. The second kappa shape index (κ2) is 5.17. The van der Waals surface area contributed by atoms with Gasteiger partial charge in [-0.1, -0.05) is 0 Å². The number of carbonyl (C=O) groups excluding carboxylic acids is 1. The van der Waals surface area contributed by atoms with Gasteiger partial charge in [0.15, 0.2) is 0 Å². The quantitative estimate of drug-likeness (QED) is 0.582. The fourth-order valence-corrected chi connectivity index (χ4v) is 1.41. The molecule has 1 rings (SSSR count). The molecule has 2 atom stereocenters. The summed E-state index contributed by atoms with van der Waals surface area (Å²) in [6.07, 6.45) is -0.378. The van der Waals surface area contributed by atoms with Crippen LogP contribution in [0.4, 0.5) is 4.79 Å². The summed E-state index contributed by atoms with van der Waals surface area (Å²) in [5.41, 5.74) is 0. The van der Waals surface area contributed by atoms with E-state index < -0.39 is 12.2 Å². The van der Waals surface area contributed by atoms with Crippen LogP contribution in [0.15, 0.2) is 0 Å². The maximum atomic E-state index is 11.2. The van der Waals surface area contributed by atoms with Crippen LogP contribution in [0.3, 0.4) is 0 Å². The largest absolute Gasteiger partial charge is 0.447 e. The Labute approximate surface area is 83.8 Å². The van der Waals surface area contributed by atoms with E-state index >= 15 is 0 Å². The number of β-amino-alcohol motifs (C(OH)–C–C–N with tert-alkyl or cyclic N) is 1. The van der Waals surface area contributed by atoms with Crippen LogP contribution in [0.1, 0.15) is 20.3 Å². The van der Waals surface area contributed by atoms with Crippen molar-refractivity contribution in [2.45, 2.75) is 38.5 Å². The zero-order valence-electron chi connectivity index (χ0n) is 8.62. The number of hydrogen-bond donors (Lipinski definition) is 3. The molecule has 0 spiro atoms. The van der Waals surface area contributed by atoms with Gasteiger partial charge in [0.25, 0.3) is 0 Å². The first-order chi connectivity index (χ1) is 6.59. The number of aliphatic hydroxyl groups excluding tert-OH is 1. The molecule has 0 radical (unpaired) electrons. The van der Waals surface area contributed by atoms with Crippen molar-refractivity contribution in [1.29, 1.82) is 0 Å². The van der Waals surface area contributed by atoms with E-state index in [2.05, 4.69) is 10.6 Å². The predicted molar refractivity (Wildman–Crippen MR) is 52.0 cm³/mol. The average molecular weight is 202 g/mol. The molecule has 0 unspecified atom stereocenters. The topological polar surface area (TPSA) is 70.6 Å². The Hall–Kier alpha value is -0.810. The summed E-state index contributed by atoms with van der Waals surface area (Å²) in [4.78, 5) is 11.2. The molecule has 3 N–H and O–H groups in total. The van der Waals surface area contributed by atoms with Crippen molar-refractivity contribution in [3.05, 3.63) is 0 Å². The zero-order valence-corrected chi connectivity index (χ0v) is 8.62. The SMILES string of the molecule is CC(C)OC(=O)N[C@@H]1CCNC[C@H]1O. The molecule has 0 bridgehead atoms. The number of hydrogen-bond acceptors (Lipinski definition) is 4. The van der Waals surface area contributed by atoms with Crippen molar-refractivity contribution in [3.63, 3.8) is 0 Å². The van der Waals surface area contributed by atoms with Gasteiger partial charge in [0.1, 0.15) is 0 Å². The minimum Gasteiger partial charge on any atom is -0.447 e. The van der Waals surface area contributed by atoms with E-state index in [4.69, 9.17) is 4.74 Å². The first-order valence-corrected chi connectivity index (χ1v) is 4.95. The van der Waals surface area contributed by atoms with Crippen LogP contribution in [0, 0.1) is 0 Å². The fraction of sp³-hybridized carbons (Fsp3) is 0.889. The van der Waals surface area contributed by atoms with Gasteiger partial charge in [-0.05, 0) is 26.8 Å². The van der Waals surface area contributed by atoms with E-state index in [0.29, 0.717) is 6.54 Å². The van der Waals surface area contributed by atoms with Crippen molar-refractivity contribution in [1.82, 2.24) is 10.6 Å². The van der Waals surface area contributed by atoms with Crippen molar-refractivity contribution >= 4 is 6.09 Å². The Morgan fingerprint density at radius 2 is 2.36 bits per heavy atom. The molecule has 14 heavy (non-hydrogen) atoms. The highest BCUT2D eigenvalue weighted by Crippen LogP contribution is 2.04. The molecule has 1 saturated heterocycles. The lowest BCUT2D eigenvalue weighted by molar-refractivity contribution is 0.0777. The third kappa shape index (κ3) is 3.51. The smallest absolute Gasteiger partial charge is 0.407 e. The number of carbonyl (C=O) groups is 1. The zero-order chi connectivity index (χ0) is 10.6. The van der Waals surface area contributed by atoms with Crippen LogP contribution in [0.2, 0.25) is 0 Å². The molecule has 1 amide bonds. The van der Waals surface area contributed by atoms with Gasteiger partial charge in [0, 0.05) is 6.54 Å². The number of ether oxygens (including phenoxy) is 1. The standard InChI is InChI=1S/C9H18N2O3/c1-6(2)14-9(13)11-7-3-4-10-5-8(7)12/h6-8,10,12H,3-5H2,1-2H3,(H,11,13)/t7-,8-/m1/s1. The second-order valence-corrected chi connectivity index (χ2v) is 3.77. The van der Waals surface area contributed by atoms with Crippen LogP contribution < -0.4 is 10.6 Å². The van der Waals surface area contributed by atoms with E-state index in [0.717, 1.165) is 13.0 Å². The molecular formula is C9H18N2O3. The van der Waals surface area contributed by atoms with Crippen LogP contribution in [0.25, 0.3) is 0 Å². The third-order valence-electron chi connectivity index (χ3n) is 2.10. The number of amides is 1. The highest BCUT2D eigenvalue weighted by molar-refractivity contribution is 5.67. The maximum Gasteiger partial charge on any atom is 0.407 e. The number of aliphatic hydroxyl groups is 1. The summed E-state index contributed by atoms with van der Waals surface area (Å²) >= 11 is 0. The molecule has 1 fully saturated rings. The maximum absolute atomic E-state index is 11.2. The first kappa shape index (κ1) is 11.3. The summed E-state index contributed by atoms with van der Waals surface area (Å²) in [6.45, 7) is 4.91. The molecule has 0 aliphatic carbocycles.